The molecule has 2 heterocycles. The van der Waals surface area contributed by atoms with Gasteiger partial charge in [-0.3, -0.25) is 4.90 Å². The van der Waals surface area contributed by atoms with Gasteiger partial charge in [-0.25, -0.2) is 0 Å². The first-order valence-corrected chi connectivity index (χ1v) is 6.39. The molecule has 96 valence electrons. The molecule has 1 unspecified atom stereocenters. The van der Waals surface area contributed by atoms with Gasteiger partial charge in [0.25, 0.3) is 0 Å². The first kappa shape index (κ1) is 12.9. The summed E-state index contributed by atoms with van der Waals surface area (Å²) < 4.78 is 10.4. The molecule has 2 rings (SSSR count). The van der Waals surface area contributed by atoms with Crippen molar-refractivity contribution < 1.29 is 9.15 Å². The molecule has 1 atom stereocenters. The predicted octanol–water partition coefficient (Wildman–Crippen LogP) is 1.74. The summed E-state index contributed by atoms with van der Waals surface area (Å²) in [5.74, 6) is 0. The first-order chi connectivity index (χ1) is 8.25. The van der Waals surface area contributed by atoms with Crippen molar-refractivity contribution in [3.8, 4) is 0 Å². The van der Waals surface area contributed by atoms with Crippen LogP contribution in [0, 0.1) is 0 Å². The Morgan fingerprint density at radius 1 is 1.47 bits per heavy atom. The van der Waals surface area contributed by atoms with Gasteiger partial charge in [0.2, 0.25) is 0 Å². The molecule has 4 nitrogen and oxygen atoms in total. The average Bonchev–Trinajstić information content (AvgIpc) is 2.74. The summed E-state index contributed by atoms with van der Waals surface area (Å²) >= 11 is 5.88. The highest BCUT2D eigenvalue weighted by molar-refractivity contribution is 6.29. The number of hydrogen-bond acceptors (Lipinski definition) is 4. The van der Waals surface area contributed by atoms with Crippen LogP contribution in [0.2, 0.25) is 5.22 Å². The van der Waals surface area contributed by atoms with E-state index in [-0.39, 0.29) is 0 Å². The average molecular weight is 259 g/mol. The van der Waals surface area contributed by atoms with Crippen LogP contribution < -0.4 is 5.32 Å². The van der Waals surface area contributed by atoms with Crippen LogP contribution in [0.25, 0.3) is 0 Å². The quantitative estimate of drug-likeness (QED) is 0.873. The topological polar surface area (TPSA) is 37.6 Å². The Balaban J connectivity index is 1.70. The van der Waals surface area contributed by atoms with Gasteiger partial charge in [0, 0.05) is 37.8 Å². The Hall–Kier alpha value is -0.550. The Kier molecular flexibility index (Phi) is 4.86. The lowest BCUT2D eigenvalue weighted by Crippen LogP contribution is -2.44. The number of nitrogens with zero attached hydrogens (tertiary/aromatic N) is 1. The number of ether oxygens (including phenoxy) is 1. The van der Waals surface area contributed by atoms with Crippen LogP contribution in [0.1, 0.15) is 12.5 Å². The van der Waals surface area contributed by atoms with E-state index >= 15 is 0 Å². The SMILES string of the molecule is CC(CN1CCOCC1)NCc1ccoc1Cl. The monoisotopic (exact) mass is 258 g/mol. The van der Waals surface area contributed by atoms with Gasteiger partial charge in [-0.15, -0.1) is 0 Å². The highest BCUT2D eigenvalue weighted by Gasteiger charge is 2.13. The van der Waals surface area contributed by atoms with Crippen molar-refractivity contribution in [3.63, 3.8) is 0 Å². The largest absolute Gasteiger partial charge is 0.453 e. The maximum absolute atomic E-state index is 5.88. The first-order valence-electron chi connectivity index (χ1n) is 6.01. The van der Waals surface area contributed by atoms with Crippen LogP contribution >= 0.6 is 11.6 Å². The fourth-order valence-electron chi connectivity index (χ4n) is 1.97. The van der Waals surface area contributed by atoms with E-state index in [1.54, 1.807) is 6.26 Å². The second-order valence-corrected chi connectivity index (χ2v) is 4.76. The summed E-state index contributed by atoms with van der Waals surface area (Å²) in [7, 11) is 0. The molecule has 0 saturated carbocycles. The summed E-state index contributed by atoms with van der Waals surface area (Å²) in [6.07, 6.45) is 1.62. The lowest BCUT2D eigenvalue weighted by Gasteiger charge is -2.29. The zero-order chi connectivity index (χ0) is 12.1. The van der Waals surface area contributed by atoms with E-state index < -0.39 is 0 Å². The minimum absolute atomic E-state index is 0.430. The van der Waals surface area contributed by atoms with Gasteiger partial charge < -0.3 is 14.5 Å². The number of halogens is 1. The molecular weight excluding hydrogens is 240 g/mol. The summed E-state index contributed by atoms with van der Waals surface area (Å²) in [6, 6.07) is 2.33. The summed E-state index contributed by atoms with van der Waals surface area (Å²) in [6.45, 7) is 7.72. The van der Waals surface area contributed by atoms with E-state index in [1.165, 1.54) is 0 Å². The molecule has 0 spiro atoms. The molecule has 1 aliphatic heterocycles. The second-order valence-electron chi connectivity index (χ2n) is 4.41. The molecule has 0 bridgehead atoms. The van der Waals surface area contributed by atoms with Gasteiger partial charge in [0.05, 0.1) is 19.5 Å². The van der Waals surface area contributed by atoms with E-state index in [4.69, 9.17) is 20.8 Å². The zero-order valence-electron chi connectivity index (χ0n) is 10.1. The lowest BCUT2D eigenvalue weighted by molar-refractivity contribution is 0.0343. The maximum atomic E-state index is 5.88. The van der Waals surface area contributed by atoms with E-state index in [0.29, 0.717) is 11.3 Å². The standard InChI is InChI=1S/C12H19ClN2O2/c1-10(9-15-3-6-16-7-4-15)14-8-11-2-5-17-12(11)13/h2,5,10,14H,3-4,6-9H2,1H3. The van der Waals surface area contributed by atoms with Gasteiger partial charge in [-0.1, -0.05) is 0 Å². The molecule has 0 amide bonds. The van der Waals surface area contributed by atoms with E-state index in [2.05, 4.69) is 17.1 Å². The smallest absolute Gasteiger partial charge is 0.197 e. The van der Waals surface area contributed by atoms with Gasteiger partial charge in [-0.2, -0.15) is 0 Å². The molecular formula is C12H19ClN2O2. The summed E-state index contributed by atoms with van der Waals surface area (Å²) in [5.41, 5.74) is 1.01. The highest BCUT2D eigenvalue weighted by Crippen LogP contribution is 2.16. The Morgan fingerprint density at radius 3 is 2.88 bits per heavy atom. The molecule has 5 heteroatoms. The Bertz CT molecular complexity index is 337. The molecule has 1 saturated heterocycles. The van der Waals surface area contributed by atoms with Crippen LogP contribution in [0.4, 0.5) is 0 Å². The van der Waals surface area contributed by atoms with Crippen LogP contribution in [0.15, 0.2) is 16.7 Å². The summed E-state index contributed by atoms with van der Waals surface area (Å²) in [4.78, 5) is 2.41. The van der Waals surface area contributed by atoms with Crippen molar-refractivity contribution in [2.24, 2.45) is 0 Å². The van der Waals surface area contributed by atoms with Crippen molar-refractivity contribution in [2.75, 3.05) is 32.8 Å². The van der Waals surface area contributed by atoms with Crippen LogP contribution in [0.3, 0.4) is 0 Å². The number of nitrogens with one attached hydrogen (secondary N) is 1. The minimum Gasteiger partial charge on any atom is -0.453 e. The van der Waals surface area contributed by atoms with Gasteiger partial charge >= 0.3 is 0 Å². The highest BCUT2D eigenvalue weighted by atomic mass is 35.5. The maximum Gasteiger partial charge on any atom is 0.197 e. The molecule has 1 fully saturated rings. The van der Waals surface area contributed by atoms with E-state index in [9.17, 15) is 0 Å². The predicted molar refractivity (Wildman–Crippen MR) is 67.3 cm³/mol. The molecule has 17 heavy (non-hydrogen) atoms. The third kappa shape index (κ3) is 4.00. The Morgan fingerprint density at radius 2 is 2.24 bits per heavy atom. The lowest BCUT2D eigenvalue weighted by atomic mass is 10.2. The number of hydrogen-bond donors (Lipinski definition) is 1. The normalized spacial score (nSPS) is 19.4. The van der Waals surface area contributed by atoms with E-state index in [1.807, 2.05) is 6.07 Å². The van der Waals surface area contributed by atoms with Crippen molar-refractivity contribution in [3.05, 3.63) is 23.1 Å². The molecule has 1 aliphatic rings. The molecule has 1 aromatic heterocycles. The van der Waals surface area contributed by atoms with Gasteiger partial charge in [-0.05, 0) is 24.6 Å². The van der Waals surface area contributed by atoms with E-state index in [0.717, 1.165) is 45.0 Å². The third-order valence-electron chi connectivity index (χ3n) is 2.97. The van der Waals surface area contributed by atoms with Crippen molar-refractivity contribution in [2.45, 2.75) is 19.5 Å². The minimum atomic E-state index is 0.430. The van der Waals surface area contributed by atoms with Crippen LogP contribution in [0.5, 0.6) is 0 Å². The van der Waals surface area contributed by atoms with Crippen LogP contribution in [-0.2, 0) is 11.3 Å². The number of rotatable bonds is 5. The van der Waals surface area contributed by atoms with Crippen molar-refractivity contribution >= 4 is 11.6 Å². The molecule has 1 N–H and O–H groups in total. The zero-order valence-corrected chi connectivity index (χ0v) is 10.9. The fourth-order valence-corrected chi connectivity index (χ4v) is 2.15. The van der Waals surface area contributed by atoms with Crippen LogP contribution in [-0.4, -0.2) is 43.8 Å². The van der Waals surface area contributed by atoms with Gasteiger partial charge in [0.1, 0.15) is 0 Å². The Labute approximate surface area is 107 Å². The summed E-state index contributed by atoms with van der Waals surface area (Å²) in [5, 5.41) is 3.93. The number of furan rings is 1. The number of morpholine rings is 1. The molecule has 1 aromatic rings. The van der Waals surface area contributed by atoms with Crippen molar-refractivity contribution in [1.29, 1.82) is 0 Å². The van der Waals surface area contributed by atoms with Gasteiger partial charge in [0.15, 0.2) is 5.22 Å². The fraction of sp³-hybridized carbons (Fsp3) is 0.667. The third-order valence-corrected chi connectivity index (χ3v) is 3.30. The van der Waals surface area contributed by atoms with Crippen molar-refractivity contribution in [1.82, 2.24) is 10.2 Å². The second kappa shape index (κ2) is 6.40. The molecule has 0 aromatic carbocycles. The molecule has 0 radical (unpaired) electrons. The molecule has 0 aliphatic carbocycles.